The van der Waals surface area contributed by atoms with Crippen LogP contribution in [-0.2, 0) is 0 Å². The molecule has 0 atom stereocenters. The van der Waals surface area contributed by atoms with E-state index in [1.807, 2.05) is 23.1 Å². The van der Waals surface area contributed by atoms with E-state index in [1.54, 1.807) is 27.4 Å². The number of Topliss-reactive ketones (excluding diaryl/α,β-unsaturated/α-hetero) is 1. The summed E-state index contributed by atoms with van der Waals surface area (Å²) in [5.41, 5.74) is 2.24. The van der Waals surface area contributed by atoms with E-state index in [0.717, 1.165) is 11.4 Å². The van der Waals surface area contributed by atoms with Crippen molar-refractivity contribution in [3.05, 3.63) is 29.8 Å². The first-order valence-corrected chi connectivity index (χ1v) is 8.20. The number of methoxy groups -OCH3 is 3. The third kappa shape index (κ3) is 2.47. The summed E-state index contributed by atoms with van der Waals surface area (Å²) in [6.07, 6.45) is 0.406. The molecule has 0 aromatic heterocycles. The maximum atomic E-state index is 12.4. The molecule has 4 rings (SSSR count). The lowest BCUT2D eigenvalue weighted by Crippen LogP contribution is -2.28. The third-order valence-corrected chi connectivity index (χ3v) is 4.61. The molecule has 0 saturated carbocycles. The van der Waals surface area contributed by atoms with Gasteiger partial charge in [0.15, 0.2) is 28.8 Å². The lowest BCUT2D eigenvalue weighted by Gasteiger charge is -2.31. The zero-order chi connectivity index (χ0) is 18.3. The van der Waals surface area contributed by atoms with Gasteiger partial charge in [0.05, 0.1) is 27.0 Å². The fourth-order valence-electron chi connectivity index (χ4n) is 3.34. The van der Waals surface area contributed by atoms with Gasteiger partial charge in [0.1, 0.15) is 0 Å². The molecule has 0 unspecified atom stereocenters. The topological polar surface area (TPSA) is 66.5 Å². The number of ether oxygens (including phenoxy) is 5. The van der Waals surface area contributed by atoms with Crippen molar-refractivity contribution in [3.8, 4) is 28.7 Å². The monoisotopic (exact) mass is 357 g/mol. The summed E-state index contributed by atoms with van der Waals surface area (Å²) in [7, 11) is 4.72. The predicted molar refractivity (Wildman–Crippen MR) is 94.6 cm³/mol. The molecular formula is C19H19NO6. The van der Waals surface area contributed by atoms with E-state index in [0.29, 0.717) is 47.3 Å². The molecule has 2 heterocycles. The van der Waals surface area contributed by atoms with Crippen molar-refractivity contribution >= 4 is 17.2 Å². The van der Waals surface area contributed by atoms with Gasteiger partial charge in [0.25, 0.3) is 0 Å². The number of nitrogens with zero attached hydrogens (tertiary/aromatic N) is 1. The van der Waals surface area contributed by atoms with Crippen molar-refractivity contribution in [3.63, 3.8) is 0 Å². The first kappa shape index (κ1) is 16.4. The summed E-state index contributed by atoms with van der Waals surface area (Å²) < 4.78 is 27.2. The summed E-state index contributed by atoms with van der Waals surface area (Å²) in [6, 6.07) is 7.33. The number of carbonyl (C=O) groups excluding carboxylic acids is 1. The lowest BCUT2D eigenvalue weighted by atomic mass is 9.98. The molecule has 0 spiro atoms. The first-order valence-electron chi connectivity index (χ1n) is 8.20. The van der Waals surface area contributed by atoms with Crippen molar-refractivity contribution in [1.82, 2.24) is 0 Å². The van der Waals surface area contributed by atoms with Crippen molar-refractivity contribution in [1.29, 1.82) is 0 Å². The van der Waals surface area contributed by atoms with Crippen molar-refractivity contribution in [2.24, 2.45) is 0 Å². The zero-order valence-corrected chi connectivity index (χ0v) is 14.8. The van der Waals surface area contributed by atoms with Gasteiger partial charge in [0.2, 0.25) is 12.5 Å². The highest BCUT2D eigenvalue weighted by Crippen LogP contribution is 2.46. The quantitative estimate of drug-likeness (QED) is 0.832. The van der Waals surface area contributed by atoms with Crippen LogP contribution in [0.5, 0.6) is 28.7 Å². The van der Waals surface area contributed by atoms with Crippen LogP contribution in [0, 0.1) is 0 Å². The van der Waals surface area contributed by atoms with E-state index in [9.17, 15) is 4.79 Å². The largest absolute Gasteiger partial charge is 0.493 e. The molecule has 26 heavy (non-hydrogen) atoms. The summed E-state index contributed by atoms with van der Waals surface area (Å²) >= 11 is 0. The molecule has 0 fully saturated rings. The molecule has 136 valence electrons. The van der Waals surface area contributed by atoms with Crippen LogP contribution in [0.4, 0.5) is 11.4 Å². The van der Waals surface area contributed by atoms with Gasteiger partial charge in [-0.2, -0.15) is 0 Å². The minimum atomic E-state index is 0.0852. The van der Waals surface area contributed by atoms with E-state index < -0.39 is 0 Å². The van der Waals surface area contributed by atoms with E-state index in [1.165, 1.54) is 0 Å². The average molecular weight is 357 g/mol. The Bertz CT molecular complexity index is 854. The molecular weight excluding hydrogens is 338 g/mol. The second kappa shape index (κ2) is 6.33. The third-order valence-electron chi connectivity index (χ3n) is 4.61. The van der Waals surface area contributed by atoms with Gasteiger partial charge in [-0.15, -0.1) is 0 Å². The first-order chi connectivity index (χ1) is 12.7. The van der Waals surface area contributed by atoms with Crippen LogP contribution in [0.15, 0.2) is 24.3 Å². The molecule has 0 N–H and O–H groups in total. The molecule has 2 aliphatic heterocycles. The lowest BCUT2D eigenvalue weighted by molar-refractivity contribution is 0.0981. The van der Waals surface area contributed by atoms with Gasteiger partial charge in [-0.25, -0.2) is 0 Å². The van der Waals surface area contributed by atoms with Crippen molar-refractivity contribution < 1.29 is 28.5 Å². The number of fused-ring (bicyclic) bond motifs is 2. The van der Waals surface area contributed by atoms with E-state index >= 15 is 0 Å². The minimum Gasteiger partial charge on any atom is -0.493 e. The Labute approximate surface area is 151 Å². The van der Waals surface area contributed by atoms with Gasteiger partial charge in [0, 0.05) is 42.4 Å². The Morgan fingerprint density at radius 3 is 2.19 bits per heavy atom. The van der Waals surface area contributed by atoms with Crippen LogP contribution in [0.3, 0.4) is 0 Å². The van der Waals surface area contributed by atoms with Crippen LogP contribution in [0.1, 0.15) is 16.8 Å². The second-order valence-corrected chi connectivity index (χ2v) is 5.93. The number of carbonyl (C=O) groups is 1. The molecule has 2 aromatic carbocycles. The molecule has 0 bridgehead atoms. The Hall–Kier alpha value is -3.09. The molecule has 0 saturated heterocycles. The molecule has 0 radical (unpaired) electrons. The predicted octanol–water partition coefficient (Wildman–Crippen LogP) is 3.17. The Balaban J connectivity index is 1.85. The summed E-state index contributed by atoms with van der Waals surface area (Å²) in [4.78, 5) is 14.5. The van der Waals surface area contributed by atoms with Crippen LogP contribution >= 0.6 is 0 Å². The summed E-state index contributed by atoms with van der Waals surface area (Å²) in [5, 5.41) is 0. The smallest absolute Gasteiger partial charge is 0.231 e. The van der Waals surface area contributed by atoms with E-state index in [4.69, 9.17) is 23.7 Å². The highest BCUT2D eigenvalue weighted by Gasteiger charge is 2.29. The molecule has 7 nitrogen and oxygen atoms in total. The molecule has 2 aromatic rings. The van der Waals surface area contributed by atoms with Gasteiger partial charge < -0.3 is 28.6 Å². The van der Waals surface area contributed by atoms with Gasteiger partial charge in [-0.1, -0.05) is 0 Å². The van der Waals surface area contributed by atoms with Crippen molar-refractivity contribution in [2.75, 3.05) is 39.6 Å². The second-order valence-electron chi connectivity index (χ2n) is 5.93. The fourth-order valence-corrected chi connectivity index (χ4v) is 3.34. The Morgan fingerprint density at radius 2 is 1.58 bits per heavy atom. The van der Waals surface area contributed by atoms with Gasteiger partial charge in [-0.3, -0.25) is 4.79 Å². The number of benzene rings is 2. The van der Waals surface area contributed by atoms with Gasteiger partial charge >= 0.3 is 0 Å². The Kier molecular flexibility index (Phi) is 3.99. The van der Waals surface area contributed by atoms with Crippen molar-refractivity contribution in [2.45, 2.75) is 6.42 Å². The minimum absolute atomic E-state index is 0.0852. The number of hydrogen-bond acceptors (Lipinski definition) is 7. The van der Waals surface area contributed by atoms with Crippen LogP contribution in [0.2, 0.25) is 0 Å². The zero-order valence-electron chi connectivity index (χ0n) is 14.8. The molecule has 0 aliphatic carbocycles. The van der Waals surface area contributed by atoms with E-state index in [2.05, 4.69) is 0 Å². The van der Waals surface area contributed by atoms with Gasteiger partial charge in [-0.05, 0) is 6.07 Å². The highest BCUT2D eigenvalue weighted by atomic mass is 16.7. The fraction of sp³-hybridized carbons (Fsp3) is 0.316. The van der Waals surface area contributed by atoms with Crippen LogP contribution in [-0.4, -0.2) is 40.5 Å². The van der Waals surface area contributed by atoms with Crippen LogP contribution in [0.25, 0.3) is 0 Å². The highest BCUT2D eigenvalue weighted by molar-refractivity contribution is 6.05. The Morgan fingerprint density at radius 1 is 0.923 bits per heavy atom. The van der Waals surface area contributed by atoms with E-state index in [-0.39, 0.29) is 12.6 Å². The van der Waals surface area contributed by atoms with Crippen LogP contribution < -0.4 is 28.6 Å². The molecule has 7 heteroatoms. The number of anilines is 2. The number of hydrogen-bond donors (Lipinski definition) is 0. The normalized spacial score (nSPS) is 14.9. The summed E-state index contributed by atoms with van der Waals surface area (Å²) in [6.45, 7) is 0.709. The number of ketones is 1. The molecule has 2 aliphatic rings. The number of rotatable bonds is 4. The summed E-state index contributed by atoms with van der Waals surface area (Å²) in [5.74, 6) is 2.96. The maximum absolute atomic E-state index is 12.4. The standard InChI is InChI=1S/C19H19NO6/c1-22-17-6-11(7-18(23-2)19(17)24-3)20-5-4-14(21)12-8-15-16(9-13(12)20)26-10-25-15/h6-9H,4-5,10H2,1-3H3. The average Bonchev–Trinajstić information content (AvgIpc) is 3.13. The maximum Gasteiger partial charge on any atom is 0.231 e. The SMILES string of the molecule is COc1cc(N2CCC(=O)c3cc4c(cc32)OCO4)cc(OC)c1OC. The molecule has 0 amide bonds.